The fourth-order valence-corrected chi connectivity index (χ4v) is 7.83. The molecule has 2 aromatic heterocycles. The summed E-state index contributed by atoms with van der Waals surface area (Å²) >= 11 is 0. The Morgan fingerprint density at radius 2 is 1.39 bits per heavy atom. The molecular weight excluding hydrogens is 713 g/mol. The van der Waals surface area contributed by atoms with E-state index in [0.29, 0.717) is 13.1 Å². The number of imidazole rings is 2. The van der Waals surface area contributed by atoms with Gasteiger partial charge in [0.15, 0.2) is 6.10 Å². The Labute approximate surface area is 327 Å². The lowest BCUT2D eigenvalue weighted by Crippen LogP contribution is -2.51. The number of aromatic nitrogens is 4. The number of amides is 4. The van der Waals surface area contributed by atoms with Crippen LogP contribution in [0.3, 0.4) is 0 Å². The van der Waals surface area contributed by atoms with Gasteiger partial charge in [0.05, 0.1) is 30.6 Å². The molecule has 5 N–H and O–H groups in total. The molecule has 0 radical (unpaired) electrons. The summed E-state index contributed by atoms with van der Waals surface area (Å²) in [6.07, 6.45) is 4.28. The van der Waals surface area contributed by atoms with Crippen LogP contribution >= 0.6 is 0 Å². The third kappa shape index (κ3) is 8.58. The van der Waals surface area contributed by atoms with Crippen molar-refractivity contribution in [2.75, 3.05) is 20.2 Å². The third-order valence-electron chi connectivity index (χ3n) is 10.8. The minimum atomic E-state index is -0.958. The highest BCUT2D eigenvalue weighted by Gasteiger charge is 2.39. The normalized spacial score (nSPS) is 18.0. The van der Waals surface area contributed by atoms with Crippen LogP contribution in [0.1, 0.15) is 96.1 Å². The number of nitrogens with two attached hydrogens (primary N) is 1. The average molecular weight is 767 g/mol. The number of benzene rings is 2. The van der Waals surface area contributed by atoms with Gasteiger partial charge in [-0.15, -0.1) is 0 Å². The van der Waals surface area contributed by atoms with Crippen molar-refractivity contribution < 1.29 is 28.7 Å². The van der Waals surface area contributed by atoms with Crippen LogP contribution in [0.5, 0.6) is 0 Å². The zero-order valence-electron chi connectivity index (χ0n) is 33.1. The van der Waals surface area contributed by atoms with Gasteiger partial charge in [-0.1, -0.05) is 89.6 Å². The van der Waals surface area contributed by atoms with Crippen molar-refractivity contribution in [1.82, 2.24) is 35.1 Å². The maximum absolute atomic E-state index is 13.6. The van der Waals surface area contributed by atoms with Gasteiger partial charge in [0.1, 0.15) is 17.7 Å². The van der Waals surface area contributed by atoms with Crippen molar-refractivity contribution >= 4 is 24.0 Å². The Hall–Kier alpha value is -5.66. The Morgan fingerprint density at radius 1 is 0.821 bits per heavy atom. The Balaban J connectivity index is 1.16. The number of primary amides is 1. The highest BCUT2D eigenvalue weighted by atomic mass is 16.6. The first-order valence-corrected chi connectivity index (χ1v) is 19.7. The summed E-state index contributed by atoms with van der Waals surface area (Å²) in [6, 6.07) is 15.4. The molecule has 56 heavy (non-hydrogen) atoms. The fourth-order valence-electron chi connectivity index (χ4n) is 7.83. The van der Waals surface area contributed by atoms with E-state index in [-0.39, 0.29) is 35.7 Å². The van der Waals surface area contributed by atoms with Crippen molar-refractivity contribution in [3.8, 4) is 33.6 Å². The predicted molar refractivity (Wildman–Crippen MR) is 212 cm³/mol. The zero-order chi connectivity index (χ0) is 40.1. The van der Waals surface area contributed by atoms with E-state index in [4.69, 9.17) is 25.2 Å². The quantitative estimate of drug-likeness (QED) is 0.113. The molecule has 0 aliphatic carbocycles. The first-order valence-electron chi connectivity index (χ1n) is 19.7. The molecule has 0 saturated carbocycles. The van der Waals surface area contributed by atoms with E-state index in [1.165, 1.54) is 7.11 Å². The molecule has 0 bridgehead atoms. The molecule has 2 fully saturated rings. The number of nitrogens with zero attached hydrogens (tertiary/aromatic N) is 4. The molecule has 4 aromatic rings. The number of rotatable bonds is 13. The molecule has 4 amide bonds. The van der Waals surface area contributed by atoms with Crippen LogP contribution in [-0.2, 0) is 25.5 Å². The molecule has 2 aromatic carbocycles. The van der Waals surface area contributed by atoms with Gasteiger partial charge in [-0.05, 0) is 55.1 Å². The maximum Gasteiger partial charge on any atom is 0.407 e. The smallest absolute Gasteiger partial charge is 0.407 e. The van der Waals surface area contributed by atoms with Gasteiger partial charge in [0.2, 0.25) is 5.91 Å². The minimum Gasteiger partial charge on any atom is -0.453 e. The van der Waals surface area contributed by atoms with Crippen molar-refractivity contribution in [2.24, 2.45) is 17.6 Å². The second-order valence-corrected chi connectivity index (χ2v) is 15.4. The number of aryl methyl sites for hydroxylation is 1. The van der Waals surface area contributed by atoms with Crippen LogP contribution in [0.15, 0.2) is 54.7 Å². The van der Waals surface area contributed by atoms with Gasteiger partial charge in [-0.2, -0.15) is 0 Å². The van der Waals surface area contributed by atoms with Gasteiger partial charge in [0, 0.05) is 36.1 Å². The van der Waals surface area contributed by atoms with E-state index in [9.17, 15) is 19.2 Å². The van der Waals surface area contributed by atoms with Crippen molar-refractivity contribution in [2.45, 2.75) is 97.4 Å². The topological polar surface area (TPSA) is 189 Å². The highest BCUT2D eigenvalue weighted by Crippen LogP contribution is 2.36. The van der Waals surface area contributed by atoms with E-state index < -0.39 is 24.3 Å². The molecular formula is C42H54N8O6. The summed E-state index contributed by atoms with van der Waals surface area (Å²) in [4.78, 5) is 71.0. The Bertz CT molecular complexity index is 2000. The van der Waals surface area contributed by atoms with Crippen LogP contribution in [0.4, 0.5) is 9.59 Å². The number of carbonyl (C=O) groups is 4. The third-order valence-corrected chi connectivity index (χ3v) is 10.8. The number of H-pyrrole nitrogens is 2. The minimum absolute atomic E-state index is 0.107. The summed E-state index contributed by atoms with van der Waals surface area (Å²) in [5.74, 6) is 0.735. The molecule has 14 heteroatoms. The maximum atomic E-state index is 13.6. The molecule has 0 spiro atoms. The van der Waals surface area contributed by atoms with E-state index in [1.807, 2.05) is 50.9 Å². The van der Waals surface area contributed by atoms with Crippen molar-refractivity contribution in [1.29, 1.82) is 0 Å². The molecule has 4 heterocycles. The predicted octanol–water partition coefficient (Wildman–Crippen LogP) is 6.91. The molecule has 4 atom stereocenters. The Morgan fingerprint density at radius 3 is 1.95 bits per heavy atom. The lowest BCUT2D eigenvalue weighted by molar-refractivity contribution is -0.143. The van der Waals surface area contributed by atoms with Crippen LogP contribution in [0, 0.1) is 11.8 Å². The van der Waals surface area contributed by atoms with Gasteiger partial charge >= 0.3 is 12.2 Å². The number of aromatic amines is 2. The molecule has 14 nitrogen and oxygen atoms in total. The lowest BCUT2D eigenvalue weighted by Gasteiger charge is -2.29. The van der Waals surface area contributed by atoms with Crippen molar-refractivity contribution in [3.63, 3.8) is 0 Å². The molecule has 6 rings (SSSR count). The van der Waals surface area contributed by atoms with Gasteiger partial charge in [0.25, 0.3) is 5.91 Å². The number of likely N-dealkylation sites (tertiary alicyclic amines) is 2. The number of ether oxygens (including phenoxy) is 2. The summed E-state index contributed by atoms with van der Waals surface area (Å²) in [5.41, 5.74) is 12.0. The molecule has 298 valence electrons. The zero-order valence-corrected chi connectivity index (χ0v) is 33.1. The van der Waals surface area contributed by atoms with Gasteiger partial charge in [-0.25, -0.2) is 19.6 Å². The highest BCUT2D eigenvalue weighted by molar-refractivity contribution is 5.86. The number of hydrogen-bond donors (Lipinski definition) is 4. The summed E-state index contributed by atoms with van der Waals surface area (Å²) in [7, 11) is 1.29. The molecule has 2 aliphatic heterocycles. The van der Waals surface area contributed by atoms with Gasteiger partial charge in [-0.3, -0.25) is 9.59 Å². The van der Waals surface area contributed by atoms with Crippen molar-refractivity contribution in [3.05, 3.63) is 72.1 Å². The number of methoxy groups -OCH3 is 1. The second kappa shape index (κ2) is 17.4. The summed E-state index contributed by atoms with van der Waals surface area (Å²) < 4.78 is 9.98. The SMILES string of the molecule is CCCc1[nH]c([C@@H]2CCCN2C(=O)[C@@H](OC(N)=O)C(C)C)nc1-c1ccc(-c2ccc(-c3c[nH]c(C4CCCN4C(=O)[C@@H](NC(=O)OC)C(C)C)n3)cc2)cc1. The Kier molecular flexibility index (Phi) is 12.5. The number of alkyl carbamates (subject to hydrolysis) is 1. The number of carbonyl (C=O) groups excluding carboxylic acids is 4. The van der Waals surface area contributed by atoms with Crippen LogP contribution in [0.25, 0.3) is 33.6 Å². The average Bonchev–Trinajstić information content (AvgIpc) is 4.02. The number of hydrogen-bond acceptors (Lipinski definition) is 8. The molecule has 2 aliphatic rings. The first kappa shape index (κ1) is 40.0. The monoisotopic (exact) mass is 766 g/mol. The lowest BCUT2D eigenvalue weighted by atomic mass is 10.00. The standard InChI is InChI=1S/C42H54N8O6/c1-7-10-30-35(47-38(45-30)33-12-9-22-50(33)40(52)36(25(4)5)56-41(43)53)29-19-15-27(16-20-29)26-13-17-28(18-14-26)31-23-44-37(46-31)32-11-8-21-49(32)39(51)34(24(2)3)48-42(54)55-6/h13-20,23-25,32-34,36H,7-12,21-22H2,1-6H3,(H2,43,53)(H,44,46)(H,45,47)(H,48,54)/t32?,33-,34-,36-/m0/s1. The van der Waals surface area contributed by atoms with E-state index >= 15 is 0 Å². The van der Waals surface area contributed by atoms with Crippen LogP contribution in [0.2, 0.25) is 0 Å². The van der Waals surface area contributed by atoms with E-state index in [0.717, 1.165) is 89.5 Å². The van der Waals surface area contributed by atoms with Crippen LogP contribution in [-0.4, -0.2) is 86.1 Å². The van der Waals surface area contributed by atoms with E-state index in [1.54, 1.807) is 4.90 Å². The summed E-state index contributed by atoms with van der Waals surface area (Å²) in [5, 5.41) is 2.70. The van der Waals surface area contributed by atoms with E-state index in [2.05, 4.69) is 58.6 Å². The molecule has 1 unspecified atom stereocenters. The molecule has 2 saturated heterocycles. The van der Waals surface area contributed by atoms with Gasteiger partial charge < -0.3 is 40.3 Å². The summed E-state index contributed by atoms with van der Waals surface area (Å²) in [6.45, 7) is 10.7. The van der Waals surface area contributed by atoms with Crippen LogP contribution < -0.4 is 11.1 Å². The fraction of sp³-hybridized carbons (Fsp3) is 0.476. The largest absolute Gasteiger partial charge is 0.453 e. The second-order valence-electron chi connectivity index (χ2n) is 15.4. The first-order chi connectivity index (χ1) is 26.9. The number of nitrogens with one attached hydrogen (secondary N) is 3.